The molecule has 0 N–H and O–H groups in total. The first-order valence-corrected chi connectivity index (χ1v) is 6.49. The van der Waals surface area contributed by atoms with E-state index in [1.165, 1.54) is 18.5 Å². The van der Waals surface area contributed by atoms with Crippen LogP contribution in [0.2, 0.25) is 5.02 Å². The Kier molecular flexibility index (Phi) is 3.27. The molecule has 0 aliphatic carbocycles. The summed E-state index contributed by atoms with van der Waals surface area (Å²) in [5, 5.41) is 0.854. The molecule has 0 radical (unpaired) electrons. The van der Waals surface area contributed by atoms with Gasteiger partial charge in [0.2, 0.25) is 0 Å². The molecule has 0 spiro atoms. The summed E-state index contributed by atoms with van der Waals surface area (Å²) >= 11 is 9.78. The quantitative estimate of drug-likeness (QED) is 0.740. The van der Waals surface area contributed by atoms with Crippen molar-refractivity contribution in [3.8, 4) is 0 Å². The Morgan fingerprint density at radius 1 is 1.47 bits per heavy atom. The van der Waals surface area contributed by atoms with Crippen LogP contribution < -0.4 is 4.90 Å². The number of aryl methyl sites for hydroxylation is 1. The van der Waals surface area contributed by atoms with E-state index in [-0.39, 0.29) is 0 Å². The van der Waals surface area contributed by atoms with Gasteiger partial charge in [-0.2, -0.15) is 0 Å². The topological polar surface area (TPSA) is 3.24 Å². The number of halogens is 2. The lowest BCUT2D eigenvalue weighted by molar-refractivity contribution is 0.734. The Morgan fingerprint density at radius 3 is 2.80 bits per heavy atom. The Morgan fingerprint density at radius 2 is 2.20 bits per heavy atom. The normalized spacial score (nSPS) is 21.1. The summed E-state index contributed by atoms with van der Waals surface area (Å²) < 4.78 is 1.15. The van der Waals surface area contributed by atoms with Gasteiger partial charge in [0.1, 0.15) is 0 Å². The molecule has 1 heterocycles. The van der Waals surface area contributed by atoms with Gasteiger partial charge in [0.15, 0.2) is 0 Å². The third-order valence-electron chi connectivity index (χ3n) is 3.09. The molecule has 1 nitrogen and oxygen atoms in total. The molecule has 0 amide bonds. The molecule has 1 aliphatic heterocycles. The van der Waals surface area contributed by atoms with Crippen molar-refractivity contribution in [2.24, 2.45) is 0 Å². The lowest BCUT2D eigenvalue weighted by Crippen LogP contribution is -2.26. The van der Waals surface area contributed by atoms with Crippen molar-refractivity contribution >= 4 is 33.2 Å². The smallest absolute Gasteiger partial charge is 0.0528 e. The monoisotopic (exact) mass is 287 g/mol. The standard InChI is InChI=1S/C12H15BrClN/c1-8-6-10(13)12(7-11(8)14)15-5-3-4-9(15)2/h6-7,9H,3-5H2,1-2H3. The van der Waals surface area contributed by atoms with Crippen molar-refractivity contribution in [2.75, 3.05) is 11.4 Å². The SMILES string of the molecule is Cc1cc(Br)c(N2CCCC2C)cc1Cl. The van der Waals surface area contributed by atoms with E-state index in [0.717, 1.165) is 21.6 Å². The second-order valence-corrected chi connectivity index (χ2v) is 5.50. The molecule has 1 aromatic rings. The fourth-order valence-electron chi connectivity index (χ4n) is 2.15. The van der Waals surface area contributed by atoms with Crippen LogP contribution in [-0.2, 0) is 0 Å². The molecule has 1 fully saturated rings. The predicted molar refractivity (Wildman–Crippen MR) is 69.9 cm³/mol. The van der Waals surface area contributed by atoms with Crippen LogP contribution in [0, 0.1) is 6.92 Å². The summed E-state index contributed by atoms with van der Waals surface area (Å²) in [6.07, 6.45) is 2.55. The summed E-state index contributed by atoms with van der Waals surface area (Å²) in [6.45, 7) is 5.44. The van der Waals surface area contributed by atoms with Gasteiger partial charge in [0.05, 0.1) is 5.69 Å². The molecule has 1 unspecified atom stereocenters. The average Bonchev–Trinajstić information content (AvgIpc) is 2.58. The molecule has 15 heavy (non-hydrogen) atoms. The minimum absolute atomic E-state index is 0.625. The van der Waals surface area contributed by atoms with Crippen LogP contribution in [0.25, 0.3) is 0 Å². The van der Waals surface area contributed by atoms with Crippen LogP contribution in [-0.4, -0.2) is 12.6 Å². The van der Waals surface area contributed by atoms with Crippen molar-refractivity contribution in [2.45, 2.75) is 32.7 Å². The van der Waals surface area contributed by atoms with Gasteiger partial charge in [-0.3, -0.25) is 0 Å². The second kappa shape index (κ2) is 4.34. The zero-order valence-electron chi connectivity index (χ0n) is 9.06. The van der Waals surface area contributed by atoms with Crippen LogP contribution >= 0.6 is 27.5 Å². The summed E-state index contributed by atoms with van der Waals surface area (Å²) in [6, 6.07) is 4.80. The largest absolute Gasteiger partial charge is 0.368 e. The van der Waals surface area contributed by atoms with Crippen LogP contribution in [0.15, 0.2) is 16.6 Å². The molecule has 1 atom stereocenters. The summed E-state index contributed by atoms with van der Waals surface area (Å²) in [4.78, 5) is 2.43. The van der Waals surface area contributed by atoms with E-state index in [4.69, 9.17) is 11.6 Å². The number of anilines is 1. The van der Waals surface area contributed by atoms with Crippen LogP contribution in [0.4, 0.5) is 5.69 Å². The molecule has 0 aromatic heterocycles. The number of benzene rings is 1. The number of hydrogen-bond donors (Lipinski definition) is 0. The lowest BCUT2D eigenvalue weighted by Gasteiger charge is -2.25. The van der Waals surface area contributed by atoms with Crippen molar-refractivity contribution in [1.82, 2.24) is 0 Å². The molecular weight excluding hydrogens is 273 g/mol. The molecule has 1 saturated heterocycles. The Bertz CT molecular complexity index is 378. The third-order valence-corrected chi connectivity index (χ3v) is 4.13. The van der Waals surface area contributed by atoms with E-state index in [9.17, 15) is 0 Å². The van der Waals surface area contributed by atoms with Gasteiger partial charge in [-0.1, -0.05) is 11.6 Å². The van der Waals surface area contributed by atoms with Crippen molar-refractivity contribution in [3.63, 3.8) is 0 Å². The Balaban J connectivity index is 2.39. The van der Waals surface area contributed by atoms with Gasteiger partial charge in [-0.15, -0.1) is 0 Å². The minimum Gasteiger partial charge on any atom is -0.368 e. The van der Waals surface area contributed by atoms with Gasteiger partial charge < -0.3 is 4.90 Å². The molecule has 1 aliphatic rings. The van der Waals surface area contributed by atoms with Crippen molar-refractivity contribution in [3.05, 3.63) is 27.2 Å². The van der Waals surface area contributed by atoms with Crippen molar-refractivity contribution in [1.29, 1.82) is 0 Å². The van der Waals surface area contributed by atoms with Gasteiger partial charge >= 0.3 is 0 Å². The second-order valence-electron chi connectivity index (χ2n) is 4.24. The molecular formula is C12H15BrClN. The number of nitrogens with zero attached hydrogens (tertiary/aromatic N) is 1. The van der Waals surface area contributed by atoms with E-state index in [0.29, 0.717) is 6.04 Å². The zero-order chi connectivity index (χ0) is 11.0. The fraction of sp³-hybridized carbons (Fsp3) is 0.500. The van der Waals surface area contributed by atoms with E-state index in [1.807, 2.05) is 6.92 Å². The van der Waals surface area contributed by atoms with Crippen LogP contribution in [0.3, 0.4) is 0 Å². The van der Waals surface area contributed by atoms with Gasteiger partial charge in [-0.25, -0.2) is 0 Å². The van der Waals surface area contributed by atoms with E-state index < -0.39 is 0 Å². The maximum absolute atomic E-state index is 6.16. The zero-order valence-corrected chi connectivity index (χ0v) is 11.4. The maximum atomic E-state index is 6.16. The highest BCUT2D eigenvalue weighted by molar-refractivity contribution is 9.10. The molecule has 0 bridgehead atoms. The molecule has 2 rings (SSSR count). The van der Waals surface area contributed by atoms with Gasteiger partial charge in [-0.05, 0) is 60.3 Å². The first kappa shape index (κ1) is 11.3. The summed E-state index contributed by atoms with van der Waals surface area (Å²) in [5.41, 5.74) is 2.36. The average molecular weight is 289 g/mol. The first-order chi connectivity index (χ1) is 7.09. The fourth-order valence-corrected chi connectivity index (χ4v) is 2.99. The minimum atomic E-state index is 0.625. The summed E-state index contributed by atoms with van der Waals surface area (Å²) in [5.74, 6) is 0. The summed E-state index contributed by atoms with van der Waals surface area (Å²) in [7, 11) is 0. The molecule has 3 heteroatoms. The first-order valence-electron chi connectivity index (χ1n) is 5.32. The van der Waals surface area contributed by atoms with E-state index in [1.54, 1.807) is 0 Å². The Hall–Kier alpha value is -0.210. The van der Waals surface area contributed by atoms with Crippen LogP contribution in [0.1, 0.15) is 25.3 Å². The van der Waals surface area contributed by atoms with E-state index in [2.05, 4.69) is 39.9 Å². The highest BCUT2D eigenvalue weighted by Gasteiger charge is 2.22. The van der Waals surface area contributed by atoms with Gasteiger partial charge in [0.25, 0.3) is 0 Å². The van der Waals surface area contributed by atoms with Gasteiger partial charge in [0, 0.05) is 22.1 Å². The molecule has 1 aromatic carbocycles. The number of hydrogen-bond acceptors (Lipinski definition) is 1. The van der Waals surface area contributed by atoms with Crippen LogP contribution in [0.5, 0.6) is 0 Å². The molecule has 82 valence electrons. The highest BCUT2D eigenvalue weighted by atomic mass is 79.9. The highest BCUT2D eigenvalue weighted by Crippen LogP contribution is 2.35. The predicted octanol–water partition coefficient (Wildman–Crippen LogP) is 4.40. The van der Waals surface area contributed by atoms with Crippen molar-refractivity contribution < 1.29 is 0 Å². The molecule has 0 saturated carbocycles. The Labute approximate surface area is 105 Å². The number of rotatable bonds is 1. The van der Waals surface area contributed by atoms with E-state index >= 15 is 0 Å². The third kappa shape index (κ3) is 2.16. The maximum Gasteiger partial charge on any atom is 0.0528 e. The lowest BCUT2D eigenvalue weighted by atomic mass is 10.2.